The monoisotopic (exact) mass is 225 g/mol. The number of nitrogens with zero attached hydrogens (tertiary/aromatic N) is 2. The Balaban J connectivity index is 1.82. The Labute approximate surface area is 95.6 Å². The van der Waals surface area contributed by atoms with Gasteiger partial charge in [0.2, 0.25) is 11.8 Å². The average Bonchev–Trinajstić information content (AvgIpc) is 2.88. The molecule has 90 valence electrons. The molecule has 0 aliphatic carbocycles. The minimum absolute atomic E-state index is 0.0752. The molecule has 0 aromatic carbocycles. The van der Waals surface area contributed by atoms with E-state index in [0.717, 1.165) is 32.5 Å². The molecule has 2 rings (SSSR count). The van der Waals surface area contributed by atoms with Crippen LogP contribution in [0.3, 0.4) is 0 Å². The van der Waals surface area contributed by atoms with Crippen LogP contribution in [0.4, 0.5) is 0 Å². The van der Waals surface area contributed by atoms with Crippen LogP contribution in [0.1, 0.15) is 19.3 Å². The number of nitrogens with two attached hydrogens (primary N) is 1. The van der Waals surface area contributed by atoms with E-state index < -0.39 is 0 Å². The summed E-state index contributed by atoms with van der Waals surface area (Å²) < 4.78 is 0. The Morgan fingerprint density at radius 3 is 2.81 bits per heavy atom. The summed E-state index contributed by atoms with van der Waals surface area (Å²) in [4.78, 5) is 26.8. The third kappa shape index (κ3) is 2.35. The maximum atomic E-state index is 11.9. The molecule has 5 nitrogen and oxygen atoms in total. The average molecular weight is 225 g/mol. The molecule has 2 amide bonds. The van der Waals surface area contributed by atoms with E-state index in [1.54, 1.807) is 4.90 Å². The first-order valence-electron chi connectivity index (χ1n) is 5.96. The summed E-state index contributed by atoms with van der Waals surface area (Å²) in [5.74, 6) is 0.632. The van der Waals surface area contributed by atoms with Gasteiger partial charge in [-0.25, -0.2) is 0 Å². The van der Waals surface area contributed by atoms with Gasteiger partial charge in [0.1, 0.15) is 0 Å². The maximum absolute atomic E-state index is 11.9. The Morgan fingerprint density at radius 2 is 2.25 bits per heavy atom. The molecule has 2 fully saturated rings. The lowest BCUT2D eigenvalue weighted by atomic mass is 10.1. The number of likely N-dealkylation sites (tertiary alicyclic amines) is 2. The minimum atomic E-state index is 0.0752. The van der Waals surface area contributed by atoms with Gasteiger partial charge in [0.05, 0.1) is 6.54 Å². The van der Waals surface area contributed by atoms with Crippen molar-refractivity contribution in [3.63, 3.8) is 0 Å². The van der Waals surface area contributed by atoms with Crippen molar-refractivity contribution in [3.8, 4) is 0 Å². The Bertz CT molecular complexity index is 293. The topological polar surface area (TPSA) is 66.6 Å². The molecule has 16 heavy (non-hydrogen) atoms. The zero-order chi connectivity index (χ0) is 11.5. The van der Waals surface area contributed by atoms with E-state index in [9.17, 15) is 9.59 Å². The number of hydrogen-bond acceptors (Lipinski definition) is 3. The van der Waals surface area contributed by atoms with E-state index in [1.807, 2.05) is 4.90 Å². The van der Waals surface area contributed by atoms with E-state index in [1.165, 1.54) is 0 Å². The van der Waals surface area contributed by atoms with Crippen LogP contribution in [-0.4, -0.2) is 54.3 Å². The smallest absolute Gasteiger partial charge is 0.242 e. The summed E-state index contributed by atoms with van der Waals surface area (Å²) in [6, 6.07) is 0. The number of hydrogen-bond donors (Lipinski definition) is 1. The van der Waals surface area contributed by atoms with Crippen LogP contribution in [0.5, 0.6) is 0 Å². The highest BCUT2D eigenvalue weighted by Gasteiger charge is 2.28. The lowest BCUT2D eigenvalue weighted by Crippen LogP contribution is -2.40. The predicted molar refractivity (Wildman–Crippen MR) is 59.6 cm³/mol. The van der Waals surface area contributed by atoms with Gasteiger partial charge < -0.3 is 15.5 Å². The van der Waals surface area contributed by atoms with Crippen molar-refractivity contribution < 1.29 is 9.59 Å². The fourth-order valence-corrected chi connectivity index (χ4v) is 2.39. The van der Waals surface area contributed by atoms with Gasteiger partial charge in [0, 0.05) is 26.1 Å². The lowest BCUT2D eigenvalue weighted by molar-refractivity contribution is -0.137. The van der Waals surface area contributed by atoms with Crippen molar-refractivity contribution in [2.24, 2.45) is 11.7 Å². The highest BCUT2D eigenvalue weighted by atomic mass is 16.2. The summed E-state index contributed by atoms with van der Waals surface area (Å²) >= 11 is 0. The first-order valence-corrected chi connectivity index (χ1v) is 5.96. The summed E-state index contributed by atoms with van der Waals surface area (Å²) in [6.45, 7) is 3.20. The van der Waals surface area contributed by atoms with Crippen molar-refractivity contribution in [3.05, 3.63) is 0 Å². The third-order valence-electron chi connectivity index (χ3n) is 3.47. The first kappa shape index (κ1) is 11.4. The molecule has 1 atom stereocenters. The Morgan fingerprint density at radius 1 is 1.44 bits per heavy atom. The van der Waals surface area contributed by atoms with Crippen LogP contribution in [0.15, 0.2) is 0 Å². The van der Waals surface area contributed by atoms with Crippen molar-refractivity contribution in [1.82, 2.24) is 9.80 Å². The molecule has 0 radical (unpaired) electrons. The fourth-order valence-electron chi connectivity index (χ4n) is 2.39. The molecule has 5 heteroatoms. The largest absolute Gasteiger partial charge is 0.341 e. The van der Waals surface area contributed by atoms with E-state index >= 15 is 0 Å². The highest BCUT2D eigenvalue weighted by Crippen LogP contribution is 2.16. The number of carbonyl (C=O) groups is 2. The molecule has 0 aromatic rings. The van der Waals surface area contributed by atoms with Gasteiger partial charge >= 0.3 is 0 Å². The third-order valence-corrected chi connectivity index (χ3v) is 3.47. The molecular weight excluding hydrogens is 206 g/mol. The van der Waals surface area contributed by atoms with Gasteiger partial charge in [-0.15, -0.1) is 0 Å². The second-order valence-electron chi connectivity index (χ2n) is 4.65. The molecule has 2 saturated heterocycles. The number of rotatable bonds is 3. The van der Waals surface area contributed by atoms with Gasteiger partial charge in [-0.2, -0.15) is 0 Å². The van der Waals surface area contributed by atoms with Gasteiger partial charge in [0.15, 0.2) is 0 Å². The second kappa shape index (κ2) is 4.82. The van der Waals surface area contributed by atoms with Crippen molar-refractivity contribution in [2.75, 3.05) is 32.7 Å². The first-order chi connectivity index (χ1) is 7.70. The molecule has 0 bridgehead atoms. The summed E-state index contributed by atoms with van der Waals surface area (Å²) in [6.07, 6.45) is 2.48. The minimum Gasteiger partial charge on any atom is -0.341 e. The number of carbonyl (C=O) groups excluding carboxylic acids is 2. The van der Waals surface area contributed by atoms with Gasteiger partial charge in [-0.3, -0.25) is 9.59 Å². The maximum Gasteiger partial charge on any atom is 0.242 e. The predicted octanol–water partition coefficient (Wildman–Crippen LogP) is -0.584. The van der Waals surface area contributed by atoms with Crippen molar-refractivity contribution in [1.29, 1.82) is 0 Å². The molecule has 2 N–H and O–H groups in total. The Kier molecular flexibility index (Phi) is 3.43. The van der Waals surface area contributed by atoms with Crippen LogP contribution in [0, 0.1) is 5.92 Å². The summed E-state index contributed by atoms with van der Waals surface area (Å²) in [5, 5.41) is 0. The number of amides is 2. The zero-order valence-corrected chi connectivity index (χ0v) is 9.52. The molecule has 2 heterocycles. The van der Waals surface area contributed by atoms with Crippen LogP contribution >= 0.6 is 0 Å². The normalized spacial score (nSPS) is 25.6. The van der Waals surface area contributed by atoms with E-state index in [-0.39, 0.29) is 18.4 Å². The fraction of sp³-hybridized carbons (Fsp3) is 0.818. The molecule has 2 aliphatic rings. The molecule has 2 aliphatic heterocycles. The second-order valence-corrected chi connectivity index (χ2v) is 4.65. The quantitative estimate of drug-likeness (QED) is 0.698. The Hall–Kier alpha value is -1.10. The van der Waals surface area contributed by atoms with Crippen LogP contribution in [-0.2, 0) is 9.59 Å². The molecule has 0 saturated carbocycles. The van der Waals surface area contributed by atoms with Crippen LogP contribution in [0.25, 0.3) is 0 Å². The van der Waals surface area contributed by atoms with Gasteiger partial charge in [0.25, 0.3) is 0 Å². The van der Waals surface area contributed by atoms with Gasteiger partial charge in [-0.1, -0.05) is 0 Å². The highest BCUT2D eigenvalue weighted by molar-refractivity contribution is 5.86. The molecule has 0 aromatic heterocycles. The van der Waals surface area contributed by atoms with Crippen LogP contribution < -0.4 is 5.73 Å². The summed E-state index contributed by atoms with van der Waals surface area (Å²) in [5.41, 5.74) is 5.58. The van der Waals surface area contributed by atoms with E-state index in [0.29, 0.717) is 18.9 Å². The van der Waals surface area contributed by atoms with Crippen molar-refractivity contribution >= 4 is 11.8 Å². The summed E-state index contributed by atoms with van der Waals surface area (Å²) in [7, 11) is 0. The van der Waals surface area contributed by atoms with E-state index in [4.69, 9.17) is 5.73 Å². The van der Waals surface area contributed by atoms with Gasteiger partial charge in [-0.05, 0) is 25.3 Å². The lowest BCUT2D eigenvalue weighted by Gasteiger charge is -2.21. The van der Waals surface area contributed by atoms with Crippen LogP contribution in [0.2, 0.25) is 0 Å². The SMILES string of the molecule is NCC1CCN(C(=O)CN2CCCC2=O)C1. The standard InChI is InChI=1S/C11H19N3O2/c12-6-9-3-5-14(7-9)11(16)8-13-4-1-2-10(13)15/h9H,1-8,12H2. The zero-order valence-electron chi connectivity index (χ0n) is 9.52. The molecular formula is C11H19N3O2. The molecule has 1 unspecified atom stereocenters. The molecule has 0 spiro atoms. The van der Waals surface area contributed by atoms with Crippen molar-refractivity contribution in [2.45, 2.75) is 19.3 Å². The van der Waals surface area contributed by atoms with E-state index in [2.05, 4.69) is 0 Å².